The van der Waals surface area contributed by atoms with Crippen LogP contribution in [0.25, 0.3) is 0 Å². The molecule has 1 aromatic heterocycles. The van der Waals surface area contributed by atoms with Crippen molar-refractivity contribution in [3.63, 3.8) is 0 Å². The maximum Gasteiger partial charge on any atom is 0.0953 e. The normalized spacial score (nSPS) is 23.2. The highest BCUT2D eigenvalue weighted by Gasteiger charge is 2.20. The predicted octanol–water partition coefficient (Wildman–Crippen LogP) is 1.78. The zero-order valence-electron chi connectivity index (χ0n) is 8.98. The molecule has 1 saturated heterocycles. The summed E-state index contributed by atoms with van der Waals surface area (Å²) in [5, 5.41) is 13.0. The number of aliphatic hydroxyl groups is 1. The summed E-state index contributed by atoms with van der Waals surface area (Å²) in [6.07, 6.45) is 2.36. The minimum Gasteiger partial charge on any atom is -0.393 e. The van der Waals surface area contributed by atoms with Crippen molar-refractivity contribution in [2.75, 3.05) is 13.2 Å². The first kappa shape index (κ1) is 11.0. The zero-order chi connectivity index (χ0) is 10.7. The fourth-order valence-electron chi connectivity index (χ4n) is 1.94. The van der Waals surface area contributed by atoms with Crippen LogP contribution in [0.15, 0.2) is 5.38 Å². The third kappa shape index (κ3) is 3.26. The van der Waals surface area contributed by atoms with E-state index in [0.29, 0.717) is 12.3 Å². The molecule has 2 heterocycles. The van der Waals surface area contributed by atoms with E-state index in [1.54, 1.807) is 11.3 Å². The molecule has 1 aliphatic heterocycles. The Morgan fingerprint density at radius 2 is 2.60 bits per heavy atom. The fourth-order valence-corrected chi connectivity index (χ4v) is 2.78. The van der Waals surface area contributed by atoms with E-state index in [2.05, 4.69) is 4.98 Å². The second-order valence-corrected chi connectivity index (χ2v) is 5.15. The molecule has 2 atom stereocenters. The van der Waals surface area contributed by atoms with Crippen molar-refractivity contribution in [1.82, 2.24) is 4.98 Å². The van der Waals surface area contributed by atoms with Crippen molar-refractivity contribution >= 4 is 11.3 Å². The third-order valence-electron chi connectivity index (χ3n) is 2.71. The molecule has 0 bridgehead atoms. The van der Waals surface area contributed by atoms with Gasteiger partial charge in [0.05, 0.1) is 11.1 Å². The predicted molar refractivity (Wildman–Crippen MR) is 60.1 cm³/mol. The number of thiazole rings is 1. The monoisotopic (exact) mass is 227 g/mol. The fraction of sp³-hybridized carbons (Fsp3) is 0.727. The summed E-state index contributed by atoms with van der Waals surface area (Å²) >= 11 is 1.63. The standard InChI is InChI=1S/C11H17NO2S/c1-8-7-15-11(12-8)5-10(13)4-9-2-3-14-6-9/h7,9-10,13H,2-6H2,1H3. The first-order chi connectivity index (χ1) is 7.24. The smallest absolute Gasteiger partial charge is 0.0953 e. The summed E-state index contributed by atoms with van der Waals surface area (Å²) in [6, 6.07) is 0. The van der Waals surface area contributed by atoms with Crippen molar-refractivity contribution in [1.29, 1.82) is 0 Å². The van der Waals surface area contributed by atoms with Crippen LogP contribution in [-0.4, -0.2) is 29.4 Å². The third-order valence-corrected chi connectivity index (χ3v) is 3.70. The lowest BCUT2D eigenvalue weighted by molar-refractivity contribution is 0.128. The van der Waals surface area contributed by atoms with E-state index in [4.69, 9.17) is 4.74 Å². The molecule has 15 heavy (non-hydrogen) atoms. The summed E-state index contributed by atoms with van der Waals surface area (Å²) in [4.78, 5) is 4.35. The van der Waals surface area contributed by atoms with E-state index < -0.39 is 0 Å². The molecular weight excluding hydrogens is 210 g/mol. The minimum atomic E-state index is -0.262. The maximum atomic E-state index is 9.88. The highest BCUT2D eigenvalue weighted by atomic mass is 32.1. The molecule has 0 spiro atoms. The van der Waals surface area contributed by atoms with E-state index in [-0.39, 0.29) is 6.10 Å². The van der Waals surface area contributed by atoms with Crippen molar-refractivity contribution in [2.24, 2.45) is 5.92 Å². The van der Waals surface area contributed by atoms with Crippen LogP contribution in [0.3, 0.4) is 0 Å². The molecule has 4 heteroatoms. The van der Waals surface area contributed by atoms with Crippen molar-refractivity contribution in [3.05, 3.63) is 16.1 Å². The Hall–Kier alpha value is -0.450. The van der Waals surface area contributed by atoms with Crippen LogP contribution in [0.2, 0.25) is 0 Å². The molecule has 1 N–H and O–H groups in total. The molecule has 84 valence electrons. The number of ether oxygens (including phenoxy) is 1. The summed E-state index contributed by atoms with van der Waals surface area (Å²) < 4.78 is 5.29. The summed E-state index contributed by atoms with van der Waals surface area (Å²) in [6.45, 7) is 3.65. The van der Waals surface area contributed by atoms with Gasteiger partial charge >= 0.3 is 0 Å². The molecule has 0 saturated carbocycles. The number of nitrogens with zero attached hydrogens (tertiary/aromatic N) is 1. The number of aliphatic hydroxyl groups excluding tert-OH is 1. The summed E-state index contributed by atoms with van der Waals surface area (Å²) in [5.74, 6) is 0.543. The number of rotatable bonds is 4. The van der Waals surface area contributed by atoms with Gasteiger partial charge in [-0.1, -0.05) is 0 Å². The first-order valence-electron chi connectivity index (χ1n) is 5.41. The number of aromatic nitrogens is 1. The maximum absolute atomic E-state index is 9.88. The molecule has 3 nitrogen and oxygen atoms in total. The van der Waals surface area contributed by atoms with Gasteiger partial charge in [0.15, 0.2) is 0 Å². The molecule has 2 unspecified atom stereocenters. The first-order valence-corrected chi connectivity index (χ1v) is 6.29. The lowest BCUT2D eigenvalue weighted by Crippen LogP contribution is -2.16. The van der Waals surface area contributed by atoms with E-state index in [0.717, 1.165) is 36.8 Å². The summed E-state index contributed by atoms with van der Waals surface area (Å²) in [7, 11) is 0. The van der Waals surface area contributed by atoms with Gasteiger partial charge in [-0.25, -0.2) is 4.98 Å². The quantitative estimate of drug-likeness (QED) is 0.852. The largest absolute Gasteiger partial charge is 0.393 e. The Bertz CT molecular complexity index is 307. The highest BCUT2D eigenvalue weighted by molar-refractivity contribution is 7.09. The van der Waals surface area contributed by atoms with Gasteiger partial charge in [0, 0.05) is 30.7 Å². The molecule has 1 fully saturated rings. The molecule has 0 amide bonds. The SMILES string of the molecule is Cc1csc(CC(O)CC2CCOC2)n1. The highest BCUT2D eigenvalue weighted by Crippen LogP contribution is 2.20. The Labute approximate surface area is 94.1 Å². The Balaban J connectivity index is 1.78. The lowest BCUT2D eigenvalue weighted by atomic mass is 9.99. The molecule has 0 aliphatic carbocycles. The van der Waals surface area contributed by atoms with Crippen LogP contribution in [0.4, 0.5) is 0 Å². The van der Waals surface area contributed by atoms with Crippen molar-refractivity contribution in [2.45, 2.75) is 32.3 Å². The van der Waals surface area contributed by atoms with E-state index in [9.17, 15) is 5.11 Å². The minimum absolute atomic E-state index is 0.262. The van der Waals surface area contributed by atoms with Gasteiger partial charge in [-0.15, -0.1) is 11.3 Å². The van der Waals surface area contributed by atoms with Gasteiger partial charge in [-0.05, 0) is 25.7 Å². The second kappa shape index (κ2) is 5.05. The Kier molecular flexibility index (Phi) is 3.72. The van der Waals surface area contributed by atoms with Gasteiger partial charge in [0.2, 0.25) is 0 Å². The van der Waals surface area contributed by atoms with Gasteiger partial charge in [0.1, 0.15) is 0 Å². The van der Waals surface area contributed by atoms with Gasteiger partial charge < -0.3 is 9.84 Å². The van der Waals surface area contributed by atoms with Crippen molar-refractivity contribution in [3.8, 4) is 0 Å². The molecular formula is C11H17NO2S. The van der Waals surface area contributed by atoms with Crippen LogP contribution in [0, 0.1) is 12.8 Å². The van der Waals surface area contributed by atoms with Gasteiger partial charge in [-0.2, -0.15) is 0 Å². The number of hydrogen-bond donors (Lipinski definition) is 1. The molecule has 0 radical (unpaired) electrons. The van der Waals surface area contributed by atoms with Gasteiger partial charge in [0.25, 0.3) is 0 Å². The molecule has 0 aromatic carbocycles. The van der Waals surface area contributed by atoms with E-state index >= 15 is 0 Å². The Morgan fingerprint density at radius 1 is 1.73 bits per heavy atom. The summed E-state index contributed by atoms with van der Waals surface area (Å²) in [5.41, 5.74) is 1.05. The van der Waals surface area contributed by atoms with Gasteiger partial charge in [-0.3, -0.25) is 0 Å². The van der Waals surface area contributed by atoms with Crippen LogP contribution >= 0.6 is 11.3 Å². The number of hydrogen-bond acceptors (Lipinski definition) is 4. The van der Waals surface area contributed by atoms with Crippen molar-refractivity contribution < 1.29 is 9.84 Å². The average Bonchev–Trinajstić information content (AvgIpc) is 2.77. The molecule has 1 aliphatic rings. The van der Waals surface area contributed by atoms with Crippen LogP contribution in [-0.2, 0) is 11.2 Å². The van der Waals surface area contributed by atoms with E-state index in [1.165, 1.54) is 0 Å². The van der Waals surface area contributed by atoms with Crippen LogP contribution in [0.1, 0.15) is 23.5 Å². The Morgan fingerprint density at radius 3 is 3.20 bits per heavy atom. The molecule has 1 aromatic rings. The van der Waals surface area contributed by atoms with Crippen LogP contribution < -0.4 is 0 Å². The van der Waals surface area contributed by atoms with Crippen LogP contribution in [0.5, 0.6) is 0 Å². The zero-order valence-corrected chi connectivity index (χ0v) is 9.80. The average molecular weight is 227 g/mol. The van der Waals surface area contributed by atoms with E-state index in [1.807, 2.05) is 12.3 Å². The molecule has 2 rings (SSSR count). The lowest BCUT2D eigenvalue weighted by Gasteiger charge is -2.12. The second-order valence-electron chi connectivity index (χ2n) is 4.21. The number of aryl methyl sites for hydroxylation is 1. The topological polar surface area (TPSA) is 42.4 Å².